The molecule has 0 radical (unpaired) electrons. The van der Waals surface area contributed by atoms with Gasteiger partial charge < -0.3 is 9.47 Å². The molecule has 2 aromatic heterocycles. The number of aromatic nitrogens is 3. The lowest BCUT2D eigenvalue weighted by Crippen LogP contribution is -2.23. The van der Waals surface area contributed by atoms with Crippen molar-refractivity contribution in [2.75, 3.05) is 6.61 Å². The van der Waals surface area contributed by atoms with Gasteiger partial charge in [0.1, 0.15) is 18.1 Å². The fraction of sp³-hybridized carbons (Fsp3) is 0.115. The van der Waals surface area contributed by atoms with Gasteiger partial charge in [0.15, 0.2) is 5.82 Å². The molecule has 6 nitrogen and oxygen atoms in total. The van der Waals surface area contributed by atoms with E-state index in [2.05, 4.69) is 10.1 Å². The second-order valence-corrected chi connectivity index (χ2v) is 8.36. The fourth-order valence-corrected chi connectivity index (χ4v) is 4.28. The van der Waals surface area contributed by atoms with Gasteiger partial charge in [-0.2, -0.15) is 9.50 Å². The Morgan fingerprint density at radius 2 is 1.61 bits per heavy atom. The topological polar surface area (TPSA) is 65.7 Å². The number of ether oxygens (including phenoxy) is 2. The normalized spacial score (nSPS) is 11.7. The van der Waals surface area contributed by atoms with Crippen LogP contribution in [0.1, 0.15) is 18.1 Å². The highest BCUT2D eigenvalue weighted by Gasteiger charge is 2.12. The van der Waals surface area contributed by atoms with Crippen LogP contribution in [0.4, 0.5) is 0 Å². The minimum atomic E-state index is -0.177. The van der Waals surface area contributed by atoms with Crippen molar-refractivity contribution in [2.45, 2.75) is 13.5 Å². The van der Waals surface area contributed by atoms with Gasteiger partial charge in [-0.3, -0.25) is 4.79 Å². The maximum absolute atomic E-state index is 12.8. The van der Waals surface area contributed by atoms with Crippen molar-refractivity contribution in [1.82, 2.24) is 14.6 Å². The molecule has 2 heterocycles. The van der Waals surface area contributed by atoms with Crippen LogP contribution in [0.5, 0.6) is 11.5 Å². The summed E-state index contributed by atoms with van der Waals surface area (Å²) < 4.78 is 13.2. The highest BCUT2D eigenvalue weighted by Crippen LogP contribution is 2.20. The summed E-state index contributed by atoms with van der Waals surface area (Å²) in [5, 5.41) is 4.41. The molecule has 0 saturated carbocycles. The Bertz CT molecular complexity index is 1470. The molecule has 164 valence electrons. The molecular formula is C26H21N3O3S. The van der Waals surface area contributed by atoms with Gasteiger partial charge in [-0.25, -0.2) is 0 Å². The number of hydrogen-bond donors (Lipinski definition) is 0. The van der Waals surface area contributed by atoms with E-state index in [1.165, 1.54) is 15.9 Å². The van der Waals surface area contributed by atoms with Crippen LogP contribution >= 0.6 is 11.3 Å². The first kappa shape index (κ1) is 20.9. The first-order chi connectivity index (χ1) is 16.2. The van der Waals surface area contributed by atoms with Crippen molar-refractivity contribution in [3.05, 3.63) is 105 Å². The number of nitrogens with zero attached hydrogens (tertiary/aromatic N) is 3. The Hall–Kier alpha value is -3.97. The lowest BCUT2D eigenvalue weighted by molar-refractivity contribution is 0.306. The third-order valence-electron chi connectivity index (χ3n) is 5.03. The second kappa shape index (κ2) is 9.26. The summed E-state index contributed by atoms with van der Waals surface area (Å²) in [6, 6.07) is 25.2. The molecule has 0 atom stereocenters. The average molecular weight is 456 g/mol. The predicted octanol–water partition coefficient (Wildman–Crippen LogP) is 4.34. The molecule has 5 rings (SSSR count). The highest BCUT2D eigenvalue weighted by molar-refractivity contribution is 7.15. The molecule has 0 N–H and O–H groups in total. The molecule has 5 aromatic rings. The summed E-state index contributed by atoms with van der Waals surface area (Å²) in [7, 11) is 0. The minimum Gasteiger partial charge on any atom is -0.494 e. The Kier molecular flexibility index (Phi) is 5.87. The van der Waals surface area contributed by atoms with Gasteiger partial charge in [0.25, 0.3) is 5.56 Å². The van der Waals surface area contributed by atoms with E-state index in [0.29, 0.717) is 28.5 Å². The molecule has 33 heavy (non-hydrogen) atoms. The molecular weight excluding hydrogens is 434 g/mol. The van der Waals surface area contributed by atoms with E-state index in [9.17, 15) is 4.79 Å². The van der Waals surface area contributed by atoms with Gasteiger partial charge in [-0.05, 0) is 60.5 Å². The quantitative estimate of drug-likeness (QED) is 0.365. The van der Waals surface area contributed by atoms with Crippen LogP contribution in [0.15, 0.2) is 83.7 Å². The largest absolute Gasteiger partial charge is 0.494 e. The molecule has 0 bridgehead atoms. The summed E-state index contributed by atoms with van der Waals surface area (Å²) in [5.41, 5.74) is 2.69. The van der Waals surface area contributed by atoms with E-state index in [-0.39, 0.29) is 5.56 Å². The number of fused-ring (bicyclic) bond motifs is 1. The van der Waals surface area contributed by atoms with Crippen molar-refractivity contribution in [2.24, 2.45) is 0 Å². The van der Waals surface area contributed by atoms with Crippen LogP contribution in [0.3, 0.4) is 0 Å². The SMILES string of the molecule is CCOc1ccc(-c2nc3sc(=Cc4ccc(OCc5ccccc5)cc4)c(=O)n3n2)cc1. The van der Waals surface area contributed by atoms with Crippen LogP contribution in [-0.4, -0.2) is 21.2 Å². The molecule has 7 heteroatoms. The first-order valence-electron chi connectivity index (χ1n) is 10.6. The van der Waals surface area contributed by atoms with Crippen molar-refractivity contribution < 1.29 is 9.47 Å². The molecule has 0 amide bonds. The summed E-state index contributed by atoms with van der Waals surface area (Å²) >= 11 is 1.32. The zero-order valence-electron chi connectivity index (χ0n) is 18.0. The van der Waals surface area contributed by atoms with E-state index in [1.54, 1.807) is 0 Å². The summed E-state index contributed by atoms with van der Waals surface area (Å²) in [5.74, 6) is 2.09. The number of rotatable bonds is 7. The lowest BCUT2D eigenvalue weighted by atomic mass is 10.2. The van der Waals surface area contributed by atoms with Crippen LogP contribution in [0.25, 0.3) is 22.4 Å². The Morgan fingerprint density at radius 1 is 0.909 bits per heavy atom. The molecule has 0 fully saturated rings. The van der Waals surface area contributed by atoms with Gasteiger partial charge in [0.2, 0.25) is 4.96 Å². The predicted molar refractivity (Wildman–Crippen MR) is 130 cm³/mol. The van der Waals surface area contributed by atoms with Crippen molar-refractivity contribution in [3.8, 4) is 22.9 Å². The number of thiazole rings is 1. The highest BCUT2D eigenvalue weighted by atomic mass is 32.1. The smallest absolute Gasteiger partial charge is 0.291 e. The van der Waals surface area contributed by atoms with Gasteiger partial charge in [0.05, 0.1) is 11.1 Å². The van der Waals surface area contributed by atoms with Crippen LogP contribution in [-0.2, 0) is 6.61 Å². The second-order valence-electron chi connectivity index (χ2n) is 7.35. The van der Waals surface area contributed by atoms with E-state index in [4.69, 9.17) is 9.47 Å². The van der Waals surface area contributed by atoms with Crippen LogP contribution in [0.2, 0.25) is 0 Å². The average Bonchev–Trinajstić information content (AvgIpc) is 3.39. The maximum atomic E-state index is 12.8. The zero-order valence-corrected chi connectivity index (χ0v) is 18.8. The summed E-state index contributed by atoms with van der Waals surface area (Å²) in [6.45, 7) is 3.07. The van der Waals surface area contributed by atoms with Crippen LogP contribution in [0, 0.1) is 0 Å². The molecule has 0 aliphatic carbocycles. The van der Waals surface area contributed by atoms with Gasteiger partial charge in [-0.1, -0.05) is 53.8 Å². The van der Waals surface area contributed by atoms with Crippen molar-refractivity contribution >= 4 is 22.4 Å². The van der Waals surface area contributed by atoms with Gasteiger partial charge in [-0.15, -0.1) is 5.10 Å². The minimum absolute atomic E-state index is 0.177. The van der Waals surface area contributed by atoms with Crippen LogP contribution < -0.4 is 19.6 Å². The fourth-order valence-electron chi connectivity index (χ4n) is 3.38. The Balaban J connectivity index is 1.34. The van der Waals surface area contributed by atoms with E-state index < -0.39 is 0 Å². The summed E-state index contributed by atoms with van der Waals surface area (Å²) in [6.07, 6.45) is 1.85. The Morgan fingerprint density at radius 3 is 2.30 bits per heavy atom. The third kappa shape index (κ3) is 4.63. The molecule has 0 saturated heterocycles. The number of hydrogen-bond acceptors (Lipinski definition) is 6. The molecule has 3 aromatic carbocycles. The molecule has 0 aliphatic rings. The van der Waals surface area contributed by atoms with Gasteiger partial charge >= 0.3 is 0 Å². The maximum Gasteiger partial charge on any atom is 0.291 e. The third-order valence-corrected chi connectivity index (χ3v) is 5.99. The standard InChI is InChI=1S/C26H21N3O3S/c1-2-31-21-14-10-20(11-15-21)24-27-26-29(28-24)25(30)23(33-26)16-18-8-12-22(13-9-18)32-17-19-6-4-3-5-7-19/h3-16H,2,17H2,1H3. The number of benzene rings is 3. The molecule has 0 aliphatic heterocycles. The monoisotopic (exact) mass is 455 g/mol. The Labute approximate surface area is 194 Å². The van der Waals surface area contributed by atoms with Gasteiger partial charge in [0, 0.05) is 5.56 Å². The summed E-state index contributed by atoms with van der Waals surface area (Å²) in [4.78, 5) is 17.9. The zero-order chi connectivity index (χ0) is 22.6. The van der Waals surface area contributed by atoms with E-state index in [1.807, 2.05) is 91.9 Å². The van der Waals surface area contributed by atoms with E-state index in [0.717, 1.165) is 28.2 Å². The van der Waals surface area contributed by atoms with Crippen molar-refractivity contribution in [3.63, 3.8) is 0 Å². The molecule has 0 unspecified atom stereocenters. The molecule has 0 spiro atoms. The van der Waals surface area contributed by atoms with Crippen molar-refractivity contribution in [1.29, 1.82) is 0 Å². The lowest BCUT2D eigenvalue weighted by Gasteiger charge is -2.06. The van der Waals surface area contributed by atoms with E-state index >= 15 is 0 Å². The first-order valence-corrected chi connectivity index (χ1v) is 11.4.